The van der Waals surface area contributed by atoms with Crippen molar-refractivity contribution in [1.29, 1.82) is 0 Å². The Bertz CT molecular complexity index is 626. The van der Waals surface area contributed by atoms with Gasteiger partial charge in [0.1, 0.15) is 11.8 Å². The molecule has 3 N–H and O–H groups in total. The Morgan fingerprint density at radius 1 is 1.00 bits per heavy atom. The van der Waals surface area contributed by atoms with Gasteiger partial charge in [-0.2, -0.15) is 0 Å². The molecule has 0 aliphatic carbocycles. The molecule has 0 saturated heterocycles. The van der Waals surface area contributed by atoms with Crippen LogP contribution in [0.5, 0.6) is 5.75 Å². The number of hydrogen-bond donors (Lipinski definition) is 2. The molecule has 1 amide bonds. The minimum Gasteiger partial charge on any atom is -0.497 e. The summed E-state index contributed by atoms with van der Waals surface area (Å²) in [7, 11) is 1.65. The van der Waals surface area contributed by atoms with Crippen molar-refractivity contribution >= 4 is 5.91 Å². The van der Waals surface area contributed by atoms with E-state index in [-0.39, 0.29) is 17.9 Å². The first-order valence-electron chi connectivity index (χ1n) is 7.77. The smallest absolute Gasteiger partial charge is 0.239 e. The number of carbonyl (C=O) groups is 1. The Morgan fingerprint density at radius 2 is 1.61 bits per heavy atom. The molecule has 0 heterocycles. The lowest BCUT2D eigenvalue weighted by Gasteiger charge is -2.26. The minimum atomic E-state index is -0.494. The molecular weight excluding hydrogens is 288 g/mol. The highest BCUT2D eigenvalue weighted by Gasteiger charge is 2.23. The number of amides is 1. The minimum absolute atomic E-state index is 0.0844. The SMILES string of the molecule is COc1ccc([C@H](C)[C@@H](C)N[C@H](C(N)=O)c2ccccc2)cc1. The second-order valence-electron chi connectivity index (χ2n) is 5.76. The van der Waals surface area contributed by atoms with E-state index in [1.807, 2.05) is 54.6 Å². The molecule has 0 aromatic heterocycles. The van der Waals surface area contributed by atoms with Gasteiger partial charge in [0.25, 0.3) is 0 Å². The molecule has 0 fully saturated rings. The predicted octanol–water partition coefficient (Wildman–Crippen LogP) is 3.00. The average Bonchev–Trinajstić information content (AvgIpc) is 2.59. The summed E-state index contributed by atoms with van der Waals surface area (Å²) in [4.78, 5) is 11.8. The highest BCUT2D eigenvalue weighted by molar-refractivity contribution is 5.81. The number of primary amides is 1. The van der Waals surface area contributed by atoms with Crippen molar-refractivity contribution in [3.63, 3.8) is 0 Å². The third kappa shape index (κ3) is 4.33. The van der Waals surface area contributed by atoms with Gasteiger partial charge in [0, 0.05) is 6.04 Å². The van der Waals surface area contributed by atoms with Crippen LogP contribution in [-0.4, -0.2) is 19.1 Å². The fourth-order valence-corrected chi connectivity index (χ4v) is 2.59. The molecule has 2 rings (SSSR count). The lowest BCUT2D eigenvalue weighted by atomic mass is 9.93. The lowest BCUT2D eigenvalue weighted by Crippen LogP contribution is -2.40. The highest BCUT2D eigenvalue weighted by Crippen LogP contribution is 2.24. The third-order valence-corrected chi connectivity index (χ3v) is 4.24. The molecule has 0 aliphatic heterocycles. The van der Waals surface area contributed by atoms with Crippen LogP contribution < -0.4 is 15.8 Å². The first-order chi connectivity index (χ1) is 11.0. The van der Waals surface area contributed by atoms with Crippen molar-refractivity contribution < 1.29 is 9.53 Å². The Kier molecular flexibility index (Phi) is 5.77. The van der Waals surface area contributed by atoms with Crippen molar-refractivity contribution in [2.24, 2.45) is 5.73 Å². The summed E-state index contributed by atoms with van der Waals surface area (Å²) in [6.07, 6.45) is 0. The van der Waals surface area contributed by atoms with E-state index in [4.69, 9.17) is 10.5 Å². The van der Waals surface area contributed by atoms with Gasteiger partial charge in [-0.1, -0.05) is 49.4 Å². The first-order valence-corrected chi connectivity index (χ1v) is 7.77. The lowest BCUT2D eigenvalue weighted by molar-refractivity contribution is -0.120. The van der Waals surface area contributed by atoms with Crippen molar-refractivity contribution in [2.75, 3.05) is 7.11 Å². The maximum absolute atomic E-state index is 11.8. The van der Waals surface area contributed by atoms with Crippen LogP contribution in [0.1, 0.15) is 36.9 Å². The van der Waals surface area contributed by atoms with Gasteiger partial charge in [-0.25, -0.2) is 0 Å². The molecule has 2 aromatic rings. The zero-order valence-electron chi connectivity index (χ0n) is 13.8. The number of nitrogens with one attached hydrogen (secondary N) is 1. The zero-order chi connectivity index (χ0) is 16.8. The molecule has 3 atom stereocenters. The van der Waals surface area contributed by atoms with Gasteiger partial charge < -0.3 is 10.5 Å². The van der Waals surface area contributed by atoms with E-state index >= 15 is 0 Å². The normalized spacial score (nSPS) is 14.7. The van der Waals surface area contributed by atoms with Crippen LogP contribution in [0.2, 0.25) is 0 Å². The summed E-state index contributed by atoms with van der Waals surface area (Å²) in [6, 6.07) is 17.1. The number of carbonyl (C=O) groups excluding carboxylic acids is 1. The number of methoxy groups -OCH3 is 1. The van der Waals surface area contributed by atoms with E-state index in [0.717, 1.165) is 11.3 Å². The maximum Gasteiger partial charge on any atom is 0.239 e. The third-order valence-electron chi connectivity index (χ3n) is 4.24. The molecule has 0 aliphatic rings. The zero-order valence-corrected chi connectivity index (χ0v) is 13.8. The quantitative estimate of drug-likeness (QED) is 0.826. The fraction of sp³-hybridized carbons (Fsp3) is 0.316. The van der Waals surface area contributed by atoms with Crippen LogP contribution in [0.15, 0.2) is 54.6 Å². The van der Waals surface area contributed by atoms with Crippen molar-refractivity contribution in [3.05, 3.63) is 65.7 Å². The van der Waals surface area contributed by atoms with E-state index in [1.165, 1.54) is 5.56 Å². The summed E-state index contributed by atoms with van der Waals surface area (Å²) in [5.74, 6) is 0.692. The summed E-state index contributed by atoms with van der Waals surface area (Å²) in [5, 5.41) is 3.35. The Labute approximate surface area is 137 Å². The van der Waals surface area contributed by atoms with Gasteiger partial charge in [-0.15, -0.1) is 0 Å². The Balaban J connectivity index is 2.11. The highest BCUT2D eigenvalue weighted by atomic mass is 16.5. The Hall–Kier alpha value is -2.33. The molecule has 4 heteroatoms. The van der Waals surface area contributed by atoms with Crippen molar-refractivity contribution in [2.45, 2.75) is 31.8 Å². The number of ether oxygens (including phenoxy) is 1. The van der Waals surface area contributed by atoms with Crippen LogP contribution in [0.4, 0.5) is 0 Å². The molecule has 23 heavy (non-hydrogen) atoms. The van der Waals surface area contributed by atoms with Crippen LogP contribution in [0, 0.1) is 0 Å². The maximum atomic E-state index is 11.8. The Morgan fingerprint density at radius 3 is 2.13 bits per heavy atom. The second kappa shape index (κ2) is 7.79. The number of nitrogens with two attached hydrogens (primary N) is 1. The van der Waals surface area contributed by atoms with E-state index in [9.17, 15) is 4.79 Å². The van der Waals surface area contributed by atoms with Crippen LogP contribution >= 0.6 is 0 Å². The van der Waals surface area contributed by atoms with Crippen LogP contribution in [0.3, 0.4) is 0 Å². The fourth-order valence-electron chi connectivity index (χ4n) is 2.59. The van der Waals surface area contributed by atoms with Crippen molar-refractivity contribution in [1.82, 2.24) is 5.32 Å². The topological polar surface area (TPSA) is 64.3 Å². The number of benzene rings is 2. The number of hydrogen-bond acceptors (Lipinski definition) is 3. The standard InChI is InChI=1S/C19H24N2O2/c1-13(15-9-11-17(23-3)12-10-15)14(2)21-18(19(20)22)16-7-5-4-6-8-16/h4-14,18,21H,1-3H3,(H2,20,22)/t13-,14-,18+/m1/s1. The van der Waals surface area contributed by atoms with Crippen molar-refractivity contribution in [3.8, 4) is 5.75 Å². The first kappa shape index (κ1) is 17.0. The second-order valence-corrected chi connectivity index (χ2v) is 5.76. The van der Waals surface area contributed by atoms with Gasteiger partial charge in [0.05, 0.1) is 7.11 Å². The molecule has 0 bridgehead atoms. The van der Waals surface area contributed by atoms with Gasteiger partial charge >= 0.3 is 0 Å². The van der Waals surface area contributed by atoms with Gasteiger partial charge in [0.2, 0.25) is 5.91 Å². The summed E-state index contributed by atoms with van der Waals surface area (Å²) in [6.45, 7) is 4.19. The summed E-state index contributed by atoms with van der Waals surface area (Å²) >= 11 is 0. The van der Waals surface area contributed by atoms with E-state index in [0.29, 0.717) is 0 Å². The van der Waals surface area contributed by atoms with E-state index in [1.54, 1.807) is 7.11 Å². The molecular formula is C19H24N2O2. The summed E-state index contributed by atoms with van der Waals surface area (Å²) in [5.41, 5.74) is 7.64. The average molecular weight is 312 g/mol. The van der Waals surface area contributed by atoms with Gasteiger partial charge in [-0.05, 0) is 36.1 Å². The number of rotatable bonds is 7. The molecule has 0 radical (unpaired) electrons. The molecule has 0 spiro atoms. The van der Waals surface area contributed by atoms with Crippen LogP contribution in [0.25, 0.3) is 0 Å². The summed E-state index contributed by atoms with van der Waals surface area (Å²) < 4.78 is 5.19. The van der Waals surface area contributed by atoms with Gasteiger partial charge in [0.15, 0.2) is 0 Å². The predicted molar refractivity (Wildman–Crippen MR) is 92.4 cm³/mol. The van der Waals surface area contributed by atoms with E-state index < -0.39 is 6.04 Å². The van der Waals surface area contributed by atoms with E-state index in [2.05, 4.69) is 19.2 Å². The molecule has 2 aromatic carbocycles. The largest absolute Gasteiger partial charge is 0.497 e. The van der Waals surface area contributed by atoms with Gasteiger partial charge in [-0.3, -0.25) is 10.1 Å². The molecule has 0 unspecified atom stereocenters. The molecule has 122 valence electrons. The van der Waals surface area contributed by atoms with Crippen LogP contribution in [-0.2, 0) is 4.79 Å². The molecule has 4 nitrogen and oxygen atoms in total. The molecule has 0 saturated carbocycles. The monoisotopic (exact) mass is 312 g/mol.